The second-order valence-electron chi connectivity index (χ2n) is 4.14. The van der Waals surface area contributed by atoms with Gasteiger partial charge in [0, 0.05) is 26.2 Å². The van der Waals surface area contributed by atoms with Crippen molar-refractivity contribution < 1.29 is 9.53 Å². The van der Waals surface area contributed by atoms with E-state index < -0.39 is 0 Å². The number of hydrogen-bond acceptors (Lipinski definition) is 4. The minimum absolute atomic E-state index is 0.0785. The summed E-state index contributed by atoms with van der Waals surface area (Å²) in [7, 11) is 0. The lowest BCUT2D eigenvalue weighted by atomic mass is 10.1. The van der Waals surface area contributed by atoms with Gasteiger partial charge in [0.2, 0.25) is 0 Å². The van der Waals surface area contributed by atoms with Crippen molar-refractivity contribution in [3.63, 3.8) is 0 Å². The molecule has 2 rings (SSSR count). The highest BCUT2D eigenvalue weighted by molar-refractivity contribution is 5.56. The Balaban J connectivity index is 1.76. The first-order valence-electron chi connectivity index (χ1n) is 5.32. The summed E-state index contributed by atoms with van der Waals surface area (Å²) in [5.74, 6) is 0. The summed E-state index contributed by atoms with van der Waals surface area (Å²) in [5, 5.41) is 0. The van der Waals surface area contributed by atoms with E-state index in [4.69, 9.17) is 4.74 Å². The number of rotatable bonds is 3. The molecule has 0 amide bonds. The van der Waals surface area contributed by atoms with Gasteiger partial charge >= 0.3 is 0 Å². The molecule has 14 heavy (non-hydrogen) atoms. The smallest absolute Gasteiger partial charge is 0.136 e. The van der Waals surface area contributed by atoms with Gasteiger partial charge in [-0.3, -0.25) is 9.80 Å². The van der Waals surface area contributed by atoms with Gasteiger partial charge in [-0.05, 0) is 6.92 Å². The summed E-state index contributed by atoms with van der Waals surface area (Å²) < 4.78 is 5.17. The Labute approximate surface area is 84.8 Å². The van der Waals surface area contributed by atoms with Crippen molar-refractivity contribution in [2.24, 2.45) is 0 Å². The van der Waals surface area contributed by atoms with Crippen molar-refractivity contribution in [1.29, 1.82) is 0 Å². The third kappa shape index (κ3) is 1.97. The molecule has 0 aliphatic carbocycles. The quantitative estimate of drug-likeness (QED) is 0.577. The molecule has 0 aromatic rings. The molecule has 0 saturated carbocycles. The van der Waals surface area contributed by atoms with Gasteiger partial charge in [0.15, 0.2) is 0 Å². The van der Waals surface area contributed by atoms with E-state index >= 15 is 0 Å². The first-order valence-corrected chi connectivity index (χ1v) is 5.32. The largest absolute Gasteiger partial charge is 0.378 e. The zero-order chi connectivity index (χ0) is 9.97. The Bertz CT molecular complexity index is 198. The Morgan fingerprint density at radius 1 is 1.29 bits per heavy atom. The van der Waals surface area contributed by atoms with Crippen molar-refractivity contribution in [2.75, 3.05) is 39.4 Å². The van der Waals surface area contributed by atoms with Crippen molar-refractivity contribution in [1.82, 2.24) is 9.80 Å². The van der Waals surface area contributed by atoms with Gasteiger partial charge in [-0.15, -0.1) is 0 Å². The van der Waals surface area contributed by atoms with E-state index in [0.717, 1.165) is 45.7 Å². The maximum absolute atomic E-state index is 10.6. The topological polar surface area (TPSA) is 32.8 Å². The molecule has 0 aromatic carbocycles. The van der Waals surface area contributed by atoms with E-state index in [1.165, 1.54) is 0 Å². The molecule has 2 saturated heterocycles. The Hall–Kier alpha value is -0.450. The molecule has 2 aliphatic heterocycles. The number of nitrogens with zero attached hydrogens (tertiary/aromatic N) is 2. The van der Waals surface area contributed by atoms with Crippen LogP contribution < -0.4 is 0 Å². The van der Waals surface area contributed by atoms with E-state index in [1.54, 1.807) is 0 Å². The van der Waals surface area contributed by atoms with Crippen molar-refractivity contribution in [3.05, 3.63) is 0 Å². The standard InChI is InChI=1S/C10H18N2O2/c1-9(6-13)11-2-4-12(5-3-11)10-7-14-8-10/h6,9-10H,2-5,7-8H2,1H3. The Kier molecular flexibility index (Phi) is 3.15. The molecule has 80 valence electrons. The van der Waals surface area contributed by atoms with Crippen LogP contribution in [-0.4, -0.2) is 67.6 Å². The zero-order valence-electron chi connectivity index (χ0n) is 8.69. The fraction of sp³-hybridized carbons (Fsp3) is 0.900. The number of carbonyl (C=O) groups is 1. The lowest BCUT2D eigenvalue weighted by Crippen LogP contribution is -2.57. The van der Waals surface area contributed by atoms with Gasteiger partial charge in [-0.25, -0.2) is 0 Å². The molecular weight excluding hydrogens is 180 g/mol. The van der Waals surface area contributed by atoms with Crippen molar-refractivity contribution >= 4 is 6.29 Å². The third-order valence-electron chi connectivity index (χ3n) is 3.26. The molecule has 2 fully saturated rings. The maximum atomic E-state index is 10.6. The van der Waals surface area contributed by atoms with Crippen molar-refractivity contribution in [3.8, 4) is 0 Å². The number of ether oxygens (including phenoxy) is 1. The maximum Gasteiger partial charge on any atom is 0.136 e. The molecule has 4 heteroatoms. The number of piperazine rings is 1. The molecule has 0 aromatic heterocycles. The Morgan fingerprint density at radius 2 is 1.93 bits per heavy atom. The Morgan fingerprint density at radius 3 is 2.36 bits per heavy atom. The second-order valence-corrected chi connectivity index (χ2v) is 4.14. The lowest BCUT2D eigenvalue weighted by molar-refractivity contribution is -0.114. The molecular formula is C10H18N2O2. The van der Waals surface area contributed by atoms with Crippen LogP contribution in [0.5, 0.6) is 0 Å². The first kappa shape index (κ1) is 10.1. The third-order valence-corrected chi connectivity index (χ3v) is 3.26. The van der Waals surface area contributed by atoms with Crippen LogP contribution in [0.15, 0.2) is 0 Å². The monoisotopic (exact) mass is 198 g/mol. The van der Waals surface area contributed by atoms with E-state index in [-0.39, 0.29) is 6.04 Å². The minimum atomic E-state index is 0.0785. The van der Waals surface area contributed by atoms with Crippen LogP contribution in [0.25, 0.3) is 0 Å². The molecule has 2 aliphatic rings. The van der Waals surface area contributed by atoms with Crippen LogP contribution in [0.1, 0.15) is 6.92 Å². The molecule has 0 bridgehead atoms. The fourth-order valence-corrected chi connectivity index (χ4v) is 2.03. The summed E-state index contributed by atoms with van der Waals surface area (Å²) >= 11 is 0. The predicted octanol–water partition coefficient (Wildman–Crippen LogP) is -0.410. The van der Waals surface area contributed by atoms with Crippen LogP contribution in [0.4, 0.5) is 0 Å². The average Bonchev–Trinajstić information content (AvgIpc) is 2.15. The van der Waals surface area contributed by atoms with Gasteiger partial charge in [0.05, 0.1) is 25.3 Å². The summed E-state index contributed by atoms with van der Waals surface area (Å²) in [5.41, 5.74) is 0. The molecule has 4 nitrogen and oxygen atoms in total. The summed E-state index contributed by atoms with van der Waals surface area (Å²) in [6, 6.07) is 0.721. The predicted molar refractivity (Wildman–Crippen MR) is 53.3 cm³/mol. The molecule has 0 radical (unpaired) electrons. The summed E-state index contributed by atoms with van der Waals surface area (Å²) in [4.78, 5) is 15.3. The van der Waals surface area contributed by atoms with Gasteiger partial charge in [-0.1, -0.05) is 0 Å². The molecule has 1 unspecified atom stereocenters. The summed E-state index contributed by atoms with van der Waals surface area (Å²) in [6.45, 7) is 7.92. The molecule has 0 N–H and O–H groups in total. The van der Waals surface area contributed by atoms with Crippen LogP contribution >= 0.6 is 0 Å². The number of hydrogen-bond donors (Lipinski definition) is 0. The van der Waals surface area contributed by atoms with Gasteiger partial charge in [0.25, 0.3) is 0 Å². The summed E-state index contributed by atoms with van der Waals surface area (Å²) in [6.07, 6.45) is 1.03. The van der Waals surface area contributed by atoms with E-state index in [2.05, 4.69) is 9.80 Å². The van der Waals surface area contributed by atoms with Crippen LogP contribution in [0.2, 0.25) is 0 Å². The van der Waals surface area contributed by atoms with Crippen molar-refractivity contribution in [2.45, 2.75) is 19.0 Å². The van der Waals surface area contributed by atoms with E-state index in [9.17, 15) is 4.79 Å². The first-order chi connectivity index (χ1) is 6.81. The fourth-order valence-electron chi connectivity index (χ4n) is 2.03. The normalized spacial score (nSPS) is 28.4. The van der Waals surface area contributed by atoms with Gasteiger partial charge < -0.3 is 9.53 Å². The van der Waals surface area contributed by atoms with Gasteiger partial charge in [-0.2, -0.15) is 0 Å². The highest BCUT2D eigenvalue weighted by Crippen LogP contribution is 2.13. The number of carbonyl (C=O) groups excluding carboxylic acids is 1. The van der Waals surface area contributed by atoms with Crippen LogP contribution in [-0.2, 0) is 9.53 Å². The van der Waals surface area contributed by atoms with Gasteiger partial charge in [0.1, 0.15) is 6.29 Å². The molecule has 2 heterocycles. The number of aldehydes is 1. The molecule has 0 spiro atoms. The highest BCUT2D eigenvalue weighted by atomic mass is 16.5. The average molecular weight is 198 g/mol. The lowest BCUT2D eigenvalue weighted by Gasteiger charge is -2.43. The van der Waals surface area contributed by atoms with Crippen LogP contribution in [0, 0.1) is 0 Å². The van der Waals surface area contributed by atoms with E-state index in [0.29, 0.717) is 6.04 Å². The van der Waals surface area contributed by atoms with E-state index in [1.807, 2.05) is 6.92 Å². The second kappa shape index (κ2) is 4.38. The zero-order valence-corrected chi connectivity index (χ0v) is 8.69. The SMILES string of the molecule is CC(C=O)N1CCN(C2COC2)CC1. The van der Waals surface area contributed by atoms with Crippen LogP contribution in [0.3, 0.4) is 0 Å². The minimum Gasteiger partial charge on any atom is -0.378 e. The highest BCUT2D eigenvalue weighted by Gasteiger charge is 2.29. The molecule has 1 atom stereocenters.